The predicted octanol–water partition coefficient (Wildman–Crippen LogP) is 2.75. The van der Waals surface area contributed by atoms with Crippen LogP contribution in [0.15, 0.2) is 48.5 Å². The average Bonchev–Trinajstić information content (AvgIpc) is 2.49. The highest BCUT2D eigenvalue weighted by Gasteiger charge is 2.19. The summed E-state index contributed by atoms with van der Waals surface area (Å²) in [5, 5.41) is 12.3. The molecule has 2 rings (SSSR count). The minimum atomic E-state index is -0.981. The third-order valence-corrected chi connectivity index (χ3v) is 3.10. The van der Waals surface area contributed by atoms with Crippen LogP contribution in [0.25, 0.3) is 0 Å². The molecule has 1 unspecified atom stereocenters. The van der Waals surface area contributed by atoms with Gasteiger partial charge in [-0.25, -0.2) is 4.39 Å². The molecule has 0 amide bonds. The van der Waals surface area contributed by atoms with Crippen LogP contribution in [0.2, 0.25) is 0 Å². The Kier molecular flexibility index (Phi) is 4.90. The molecule has 0 bridgehead atoms. The quantitative estimate of drug-likeness (QED) is 0.858. The van der Waals surface area contributed by atoms with Gasteiger partial charge in [0, 0.05) is 6.54 Å². The van der Waals surface area contributed by atoms with E-state index in [0.29, 0.717) is 17.9 Å². The van der Waals surface area contributed by atoms with E-state index >= 15 is 0 Å². The van der Waals surface area contributed by atoms with E-state index in [0.717, 1.165) is 5.56 Å². The fourth-order valence-corrected chi connectivity index (χ4v) is 1.99. The molecule has 110 valence electrons. The van der Waals surface area contributed by atoms with Gasteiger partial charge < -0.3 is 9.84 Å². The summed E-state index contributed by atoms with van der Waals surface area (Å²) in [6, 6.07) is 12.0. The molecule has 4 nitrogen and oxygen atoms in total. The maximum absolute atomic E-state index is 12.8. The normalized spacial score (nSPS) is 11.9. The average molecular weight is 289 g/mol. The van der Waals surface area contributed by atoms with Gasteiger partial charge in [-0.15, -0.1) is 0 Å². The van der Waals surface area contributed by atoms with Gasteiger partial charge in [-0.05, 0) is 35.4 Å². The van der Waals surface area contributed by atoms with Crippen LogP contribution in [0.1, 0.15) is 17.2 Å². The molecule has 0 fully saturated rings. The maximum atomic E-state index is 12.8. The van der Waals surface area contributed by atoms with Crippen molar-refractivity contribution in [1.82, 2.24) is 5.32 Å². The van der Waals surface area contributed by atoms with E-state index in [1.54, 1.807) is 36.4 Å². The van der Waals surface area contributed by atoms with Crippen LogP contribution in [0.3, 0.4) is 0 Å². The number of aliphatic carboxylic acids is 1. The minimum Gasteiger partial charge on any atom is -0.497 e. The van der Waals surface area contributed by atoms with E-state index in [1.807, 2.05) is 0 Å². The lowest BCUT2D eigenvalue weighted by Crippen LogP contribution is -2.28. The number of rotatable bonds is 6. The number of ether oxygens (including phenoxy) is 1. The highest BCUT2D eigenvalue weighted by molar-refractivity contribution is 5.75. The van der Waals surface area contributed by atoms with Crippen molar-refractivity contribution in [2.75, 3.05) is 7.11 Å². The Morgan fingerprint density at radius 2 is 2.00 bits per heavy atom. The van der Waals surface area contributed by atoms with Crippen LogP contribution >= 0.6 is 0 Å². The zero-order chi connectivity index (χ0) is 15.2. The smallest absolute Gasteiger partial charge is 0.325 e. The molecule has 0 saturated heterocycles. The summed E-state index contributed by atoms with van der Waals surface area (Å²) < 4.78 is 17.9. The van der Waals surface area contributed by atoms with Gasteiger partial charge in [0.25, 0.3) is 0 Å². The molecular formula is C16H16FNO3. The van der Waals surface area contributed by atoms with Crippen molar-refractivity contribution in [1.29, 1.82) is 0 Å². The Morgan fingerprint density at radius 3 is 2.62 bits per heavy atom. The number of methoxy groups -OCH3 is 1. The first-order chi connectivity index (χ1) is 10.1. The fraction of sp³-hybridized carbons (Fsp3) is 0.188. The largest absolute Gasteiger partial charge is 0.497 e. The predicted molar refractivity (Wildman–Crippen MR) is 76.6 cm³/mol. The van der Waals surface area contributed by atoms with E-state index in [9.17, 15) is 14.3 Å². The monoisotopic (exact) mass is 289 g/mol. The standard InChI is InChI=1S/C16H16FNO3/c1-21-14-4-2-3-12(9-14)15(16(19)20)18-10-11-5-7-13(17)8-6-11/h2-9,15,18H,10H2,1H3,(H,19,20). The van der Waals surface area contributed by atoms with Crippen molar-refractivity contribution in [3.8, 4) is 5.75 Å². The summed E-state index contributed by atoms with van der Waals surface area (Å²) in [5.74, 6) is -0.700. The first-order valence-corrected chi connectivity index (χ1v) is 6.44. The van der Waals surface area contributed by atoms with Gasteiger partial charge in [0.2, 0.25) is 0 Å². The van der Waals surface area contributed by atoms with Crippen LogP contribution in [-0.2, 0) is 11.3 Å². The number of hydrogen-bond acceptors (Lipinski definition) is 3. The van der Waals surface area contributed by atoms with Crippen molar-refractivity contribution in [3.63, 3.8) is 0 Å². The van der Waals surface area contributed by atoms with Crippen molar-refractivity contribution in [2.24, 2.45) is 0 Å². The van der Waals surface area contributed by atoms with Crippen LogP contribution in [-0.4, -0.2) is 18.2 Å². The first kappa shape index (κ1) is 15.0. The highest BCUT2D eigenvalue weighted by Crippen LogP contribution is 2.20. The van der Waals surface area contributed by atoms with Crippen LogP contribution in [0.4, 0.5) is 4.39 Å². The summed E-state index contributed by atoms with van der Waals surface area (Å²) in [6.45, 7) is 0.328. The highest BCUT2D eigenvalue weighted by atomic mass is 19.1. The molecule has 0 heterocycles. The van der Waals surface area contributed by atoms with Gasteiger partial charge in [0.05, 0.1) is 7.11 Å². The molecule has 0 spiro atoms. The van der Waals surface area contributed by atoms with Gasteiger partial charge in [-0.3, -0.25) is 10.1 Å². The van der Waals surface area contributed by atoms with Gasteiger partial charge >= 0.3 is 5.97 Å². The number of carboxylic acid groups (broad SMARTS) is 1. The van der Waals surface area contributed by atoms with Crippen molar-refractivity contribution >= 4 is 5.97 Å². The fourth-order valence-electron chi connectivity index (χ4n) is 1.99. The van der Waals surface area contributed by atoms with Crippen LogP contribution in [0, 0.1) is 5.82 Å². The number of halogens is 1. The molecule has 0 aromatic heterocycles. The maximum Gasteiger partial charge on any atom is 0.325 e. The molecule has 0 aliphatic rings. The van der Waals surface area contributed by atoms with Crippen LogP contribution < -0.4 is 10.1 Å². The Morgan fingerprint density at radius 1 is 1.29 bits per heavy atom. The van der Waals surface area contributed by atoms with Crippen molar-refractivity contribution in [3.05, 3.63) is 65.5 Å². The first-order valence-electron chi connectivity index (χ1n) is 6.44. The summed E-state index contributed by atoms with van der Waals surface area (Å²) in [4.78, 5) is 11.4. The molecule has 1 atom stereocenters. The van der Waals surface area contributed by atoms with E-state index in [1.165, 1.54) is 19.2 Å². The van der Waals surface area contributed by atoms with Gasteiger partial charge in [-0.2, -0.15) is 0 Å². The van der Waals surface area contributed by atoms with E-state index in [4.69, 9.17) is 4.74 Å². The summed E-state index contributed by atoms with van der Waals surface area (Å²) >= 11 is 0. The number of benzene rings is 2. The molecule has 0 saturated carbocycles. The van der Waals surface area contributed by atoms with Gasteiger partial charge in [0.15, 0.2) is 0 Å². The third kappa shape index (κ3) is 4.03. The zero-order valence-corrected chi connectivity index (χ0v) is 11.5. The second-order valence-corrected chi connectivity index (χ2v) is 4.56. The molecule has 0 aliphatic carbocycles. The number of hydrogen-bond donors (Lipinski definition) is 2. The Bertz CT molecular complexity index is 613. The van der Waals surface area contributed by atoms with Gasteiger partial charge in [0.1, 0.15) is 17.6 Å². The number of carboxylic acids is 1. The Hall–Kier alpha value is -2.40. The second-order valence-electron chi connectivity index (χ2n) is 4.56. The molecule has 0 radical (unpaired) electrons. The van der Waals surface area contributed by atoms with E-state index in [-0.39, 0.29) is 5.82 Å². The Balaban J connectivity index is 2.12. The van der Waals surface area contributed by atoms with E-state index < -0.39 is 12.0 Å². The topological polar surface area (TPSA) is 58.6 Å². The van der Waals surface area contributed by atoms with Crippen molar-refractivity contribution < 1.29 is 19.0 Å². The van der Waals surface area contributed by atoms with Crippen molar-refractivity contribution in [2.45, 2.75) is 12.6 Å². The molecule has 21 heavy (non-hydrogen) atoms. The second kappa shape index (κ2) is 6.85. The summed E-state index contributed by atoms with van der Waals surface area (Å²) in [5.41, 5.74) is 1.41. The zero-order valence-electron chi connectivity index (χ0n) is 11.5. The molecule has 0 aliphatic heterocycles. The molecule has 2 N–H and O–H groups in total. The lowest BCUT2D eigenvalue weighted by Gasteiger charge is -2.15. The van der Waals surface area contributed by atoms with Crippen LogP contribution in [0.5, 0.6) is 5.75 Å². The third-order valence-electron chi connectivity index (χ3n) is 3.10. The number of nitrogens with one attached hydrogen (secondary N) is 1. The van der Waals surface area contributed by atoms with E-state index in [2.05, 4.69) is 5.32 Å². The molecular weight excluding hydrogens is 273 g/mol. The molecule has 2 aromatic rings. The molecule has 5 heteroatoms. The Labute approximate surface area is 122 Å². The lowest BCUT2D eigenvalue weighted by atomic mass is 10.1. The number of carbonyl (C=O) groups is 1. The van der Waals surface area contributed by atoms with Gasteiger partial charge in [-0.1, -0.05) is 24.3 Å². The summed E-state index contributed by atoms with van der Waals surface area (Å²) in [7, 11) is 1.53. The molecule has 2 aromatic carbocycles. The SMILES string of the molecule is COc1cccc(C(NCc2ccc(F)cc2)C(=O)O)c1. The summed E-state index contributed by atoms with van der Waals surface area (Å²) in [6.07, 6.45) is 0. The lowest BCUT2D eigenvalue weighted by molar-refractivity contribution is -0.139. The minimum absolute atomic E-state index is 0.318.